The maximum Gasteiger partial charge on any atom is 0.0973 e. The molecule has 0 amide bonds. The van der Waals surface area contributed by atoms with E-state index in [0.717, 1.165) is 23.1 Å². The van der Waals surface area contributed by atoms with Gasteiger partial charge in [0.1, 0.15) is 0 Å². The Morgan fingerprint density at radius 3 is 2.58 bits per heavy atom. The molecule has 1 aromatic carbocycles. The van der Waals surface area contributed by atoms with E-state index in [-0.39, 0.29) is 12.1 Å². The molecule has 1 rings (SSSR count). The molecule has 0 saturated carbocycles. The summed E-state index contributed by atoms with van der Waals surface area (Å²) < 4.78 is 7.05. The maximum atomic E-state index is 6.04. The van der Waals surface area contributed by atoms with Gasteiger partial charge in [0.25, 0.3) is 0 Å². The monoisotopic (exact) mass is 327 g/mol. The molecule has 0 bridgehead atoms. The molecule has 2 N–H and O–H groups in total. The van der Waals surface area contributed by atoms with E-state index >= 15 is 0 Å². The molecule has 108 valence electrons. The van der Waals surface area contributed by atoms with E-state index in [1.54, 1.807) is 0 Å². The van der Waals surface area contributed by atoms with E-state index in [1.807, 2.05) is 19.1 Å². The molecule has 0 saturated heterocycles. The van der Waals surface area contributed by atoms with E-state index in [2.05, 4.69) is 35.0 Å². The van der Waals surface area contributed by atoms with Crippen LogP contribution >= 0.6 is 15.9 Å². The van der Waals surface area contributed by atoms with Gasteiger partial charge in [-0.3, -0.25) is 0 Å². The Bertz CT molecular complexity index is 354. The Morgan fingerprint density at radius 1 is 1.21 bits per heavy atom. The van der Waals surface area contributed by atoms with Crippen molar-refractivity contribution < 1.29 is 4.74 Å². The fourth-order valence-corrected chi connectivity index (χ4v) is 2.57. The van der Waals surface area contributed by atoms with Crippen LogP contribution < -0.4 is 5.73 Å². The van der Waals surface area contributed by atoms with Gasteiger partial charge in [-0.25, -0.2) is 0 Å². The van der Waals surface area contributed by atoms with Crippen LogP contribution in [0.3, 0.4) is 0 Å². The number of ether oxygens (including phenoxy) is 1. The average molecular weight is 328 g/mol. The van der Waals surface area contributed by atoms with Gasteiger partial charge in [0.15, 0.2) is 0 Å². The standard InChI is InChI=1S/C16H26BrNO/c1-3-4-5-6-7-11-19-16(13(2)18)14-9-8-10-15(17)12-14/h8-10,12-13,16H,3-7,11,18H2,1-2H3. The van der Waals surface area contributed by atoms with Gasteiger partial charge in [-0.1, -0.05) is 60.7 Å². The minimum Gasteiger partial charge on any atom is -0.372 e. The lowest BCUT2D eigenvalue weighted by Gasteiger charge is -2.22. The van der Waals surface area contributed by atoms with E-state index < -0.39 is 0 Å². The van der Waals surface area contributed by atoms with Crippen LogP contribution in [0.15, 0.2) is 28.7 Å². The molecule has 0 radical (unpaired) electrons. The third kappa shape index (κ3) is 6.55. The van der Waals surface area contributed by atoms with E-state index in [1.165, 1.54) is 25.7 Å². The molecule has 0 heterocycles. The highest BCUT2D eigenvalue weighted by Crippen LogP contribution is 2.23. The van der Waals surface area contributed by atoms with Gasteiger partial charge in [0, 0.05) is 17.1 Å². The molecular formula is C16H26BrNO. The smallest absolute Gasteiger partial charge is 0.0973 e. The number of halogens is 1. The predicted molar refractivity (Wildman–Crippen MR) is 85.2 cm³/mol. The van der Waals surface area contributed by atoms with Crippen molar-refractivity contribution in [3.05, 3.63) is 34.3 Å². The van der Waals surface area contributed by atoms with Crippen LogP contribution in [0.2, 0.25) is 0 Å². The fourth-order valence-electron chi connectivity index (χ4n) is 2.15. The van der Waals surface area contributed by atoms with Crippen LogP contribution in [0.4, 0.5) is 0 Å². The lowest BCUT2D eigenvalue weighted by molar-refractivity contribution is 0.0358. The van der Waals surface area contributed by atoms with Crippen LogP contribution in [-0.4, -0.2) is 12.6 Å². The molecule has 0 aliphatic heterocycles. The minimum absolute atomic E-state index is 0.00458. The van der Waals surface area contributed by atoms with Gasteiger partial charge >= 0.3 is 0 Å². The molecule has 0 fully saturated rings. The van der Waals surface area contributed by atoms with Crippen molar-refractivity contribution >= 4 is 15.9 Å². The van der Waals surface area contributed by atoms with Crippen LogP contribution in [0, 0.1) is 0 Å². The summed E-state index contributed by atoms with van der Waals surface area (Å²) >= 11 is 3.49. The average Bonchev–Trinajstić information content (AvgIpc) is 2.37. The first-order valence-electron chi connectivity index (χ1n) is 7.27. The SMILES string of the molecule is CCCCCCCOC(c1cccc(Br)c1)C(C)N. The largest absolute Gasteiger partial charge is 0.372 e. The summed E-state index contributed by atoms with van der Waals surface area (Å²) in [6, 6.07) is 8.22. The molecule has 2 nitrogen and oxygen atoms in total. The van der Waals surface area contributed by atoms with Gasteiger partial charge in [-0.2, -0.15) is 0 Å². The molecule has 3 heteroatoms. The van der Waals surface area contributed by atoms with Gasteiger partial charge in [-0.05, 0) is 31.0 Å². The summed E-state index contributed by atoms with van der Waals surface area (Å²) in [5.74, 6) is 0. The highest BCUT2D eigenvalue weighted by atomic mass is 79.9. The van der Waals surface area contributed by atoms with Crippen molar-refractivity contribution in [1.29, 1.82) is 0 Å². The molecule has 2 atom stereocenters. The number of nitrogens with two attached hydrogens (primary N) is 1. The first kappa shape index (κ1) is 16.7. The summed E-state index contributed by atoms with van der Waals surface area (Å²) in [5, 5.41) is 0. The summed E-state index contributed by atoms with van der Waals surface area (Å²) in [6.07, 6.45) is 6.27. The fraction of sp³-hybridized carbons (Fsp3) is 0.625. The van der Waals surface area contributed by atoms with Crippen molar-refractivity contribution in [2.75, 3.05) is 6.61 Å². The van der Waals surface area contributed by atoms with Crippen LogP contribution in [0.25, 0.3) is 0 Å². The number of hydrogen-bond acceptors (Lipinski definition) is 2. The molecule has 0 aliphatic carbocycles. The Kier molecular flexibility index (Phi) is 8.35. The van der Waals surface area contributed by atoms with Gasteiger partial charge in [-0.15, -0.1) is 0 Å². The third-order valence-electron chi connectivity index (χ3n) is 3.20. The van der Waals surface area contributed by atoms with Crippen molar-refractivity contribution in [3.8, 4) is 0 Å². The third-order valence-corrected chi connectivity index (χ3v) is 3.69. The Hall–Kier alpha value is -0.380. The molecule has 19 heavy (non-hydrogen) atoms. The zero-order valence-corrected chi connectivity index (χ0v) is 13.7. The van der Waals surface area contributed by atoms with Crippen LogP contribution in [-0.2, 0) is 4.74 Å². The molecule has 0 spiro atoms. The van der Waals surface area contributed by atoms with Gasteiger partial charge < -0.3 is 10.5 Å². The molecule has 0 aliphatic rings. The highest BCUT2D eigenvalue weighted by Gasteiger charge is 2.16. The second-order valence-electron chi connectivity index (χ2n) is 5.12. The van der Waals surface area contributed by atoms with Crippen LogP contribution in [0.1, 0.15) is 57.6 Å². The lowest BCUT2D eigenvalue weighted by Crippen LogP contribution is -2.27. The number of unbranched alkanes of at least 4 members (excludes halogenated alkanes) is 4. The van der Waals surface area contributed by atoms with E-state index in [9.17, 15) is 0 Å². The Morgan fingerprint density at radius 2 is 1.95 bits per heavy atom. The molecular weight excluding hydrogens is 302 g/mol. The first-order valence-corrected chi connectivity index (χ1v) is 8.07. The minimum atomic E-state index is -0.0105. The topological polar surface area (TPSA) is 35.2 Å². The number of rotatable bonds is 9. The zero-order chi connectivity index (χ0) is 14.1. The van der Waals surface area contributed by atoms with Gasteiger partial charge in [0.2, 0.25) is 0 Å². The van der Waals surface area contributed by atoms with E-state index in [4.69, 9.17) is 10.5 Å². The van der Waals surface area contributed by atoms with Crippen molar-refractivity contribution in [2.45, 2.75) is 58.1 Å². The maximum absolute atomic E-state index is 6.04. The molecule has 2 unspecified atom stereocenters. The number of hydrogen-bond donors (Lipinski definition) is 1. The van der Waals surface area contributed by atoms with E-state index in [0.29, 0.717) is 0 Å². The summed E-state index contributed by atoms with van der Waals surface area (Å²) in [4.78, 5) is 0. The lowest BCUT2D eigenvalue weighted by atomic mass is 10.0. The summed E-state index contributed by atoms with van der Waals surface area (Å²) in [6.45, 7) is 5.03. The quantitative estimate of drug-likeness (QED) is 0.659. The highest BCUT2D eigenvalue weighted by molar-refractivity contribution is 9.10. The Balaban J connectivity index is 2.41. The molecule has 0 aromatic heterocycles. The Labute approximate surface area is 125 Å². The van der Waals surface area contributed by atoms with Crippen molar-refractivity contribution in [1.82, 2.24) is 0 Å². The number of benzene rings is 1. The molecule has 1 aromatic rings. The predicted octanol–water partition coefficient (Wildman–Crippen LogP) is 4.82. The van der Waals surface area contributed by atoms with Crippen LogP contribution in [0.5, 0.6) is 0 Å². The normalized spacial score (nSPS) is 14.3. The van der Waals surface area contributed by atoms with Crippen molar-refractivity contribution in [2.24, 2.45) is 5.73 Å². The van der Waals surface area contributed by atoms with Crippen molar-refractivity contribution in [3.63, 3.8) is 0 Å². The second kappa shape index (κ2) is 9.51. The first-order chi connectivity index (χ1) is 9.15. The second-order valence-corrected chi connectivity index (χ2v) is 6.04. The summed E-state index contributed by atoms with van der Waals surface area (Å²) in [7, 11) is 0. The zero-order valence-electron chi connectivity index (χ0n) is 12.1. The van der Waals surface area contributed by atoms with Gasteiger partial charge in [0.05, 0.1) is 6.10 Å². The summed E-state index contributed by atoms with van der Waals surface area (Å²) in [5.41, 5.74) is 7.19.